The van der Waals surface area contributed by atoms with Gasteiger partial charge in [0.05, 0.1) is 11.8 Å². The lowest BCUT2D eigenvalue weighted by Crippen LogP contribution is -2.07. The molecule has 0 N–H and O–H groups in total. The summed E-state index contributed by atoms with van der Waals surface area (Å²) in [6.45, 7) is 2.62. The summed E-state index contributed by atoms with van der Waals surface area (Å²) in [5.74, 6) is -2.56. The fourth-order valence-electron chi connectivity index (χ4n) is 1.67. The molecular formula is C13H12F2N2O. The molecule has 18 heavy (non-hydrogen) atoms. The average molecular weight is 250 g/mol. The van der Waals surface area contributed by atoms with Crippen molar-refractivity contribution in [2.24, 2.45) is 0 Å². The zero-order chi connectivity index (χ0) is 13.1. The molecule has 0 atom stereocenters. The van der Waals surface area contributed by atoms with E-state index >= 15 is 0 Å². The Hall–Kier alpha value is -2.04. The molecule has 0 saturated carbocycles. The number of hydrogen-bond donors (Lipinski definition) is 0. The highest BCUT2D eigenvalue weighted by atomic mass is 19.2. The molecule has 0 spiro atoms. The second-order valence-electron chi connectivity index (χ2n) is 3.91. The van der Waals surface area contributed by atoms with Crippen LogP contribution in [0.4, 0.5) is 8.78 Å². The van der Waals surface area contributed by atoms with Crippen molar-refractivity contribution in [1.29, 1.82) is 0 Å². The van der Waals surface area contributed by atoms with E-state index in [9.17, 15) is 13.6 Å². The van der Waals surface area contributed by atoms with Crippen molar-refractivity contribution in [3.63, 3.8) is 0 Å². The van der Waals surface area contributed by atoms with Crippen molar-refractivity contribution in [2.75, 3.05) is 0 Å². The van der Waals surface area contributed by atoms with Crippen LogP contribution in [0.25, 0.3) is 0 Å². The fraction of sp³-hybridized carbons (Fsp3) is 0.231. The zero-order valence-corrected chi connectivity index (χ0v) is 9.86. The standard InChI is InChI=1S/C13H12F2N2O/c1-2-17-8-9(7-16-17)6-12(18)10-4-3-5-11(14)13(10)15/h3-5,7-8H,2,6H2,1H3. The summed E-state index contributed by atoms with van der Waals surface area (Å²) in [5.41, 5.74) is 0.463. The second kappa shape index (κ2) is 5.08. The largest absolute Gasteiger partial charge is 0.294 e. The highest BCUT2D eigenvalue weighted by Gasteiger charge is 2.15. The summed E-state index contributed by atoms with van der Waals surface area (Å²) in [4.78, 5) is 11.8. The molecule has 1 aromatic carbocycles. The lowest BCUT2D eigenvalue weighted by molar-refractivity contribution is 0.0988. The quantitative estimate of drug-likeness (QED) is 0.782. The minimum Gasteiger partial charge on any atom is -0.294 e. The summed E-state index contributed by atoms with van der Waals surface area (Å²) in [7, 11) is 0. The molecule has 0 aliphatic rings. The van der Waals surface area contributed by atoms with Gasteiger partial charge in [-0.05, 0) is 24.6 Å². The first-order chi connectivity index (χ1) is 8.61. The summed E-state index contributed by atoms with van der Waals surface area (Å²) in [6.07, 6.45) is 3.29. The molecule has 0 aliphatic carbocycles. The van der Waals surface area contributed by atoms with Crippen LogP contribution in [0.1, 0.15) is 22.8 Å². The molecule has 0 bridgehead atoms. The van der Waals surface area contributed by atoms with Gasteiger partial charge in [-0.2, -0.15) is 5.10 Å². The van der Waals surface area contributed by atoms with Crippen LogP contribution in [-0.4, -0.2) is 15.6 Å². The van der Waals surface area contributed by atoms with Crippen molar-refractivity contribution in [3.8, 4) is 0 Å². The molecule has 0 aliphatic heterocycles. The Kier molecular flexibility index (Phi) is 3.50. The monoisotopic (exact) mass is 250 g/mol. The third kappa shape index (κ3) is 2.45. The third-order valence-corrected chi connectivity index (χ3v) is 2.63. The van der Waals surface area contributed by atoms with Crippen LogP contribution in [0.3, 0.4) is 0 Å². The summed E-state index contributed by atoms with van der Waals surface area (Å²) in [6, 6.07) is 3.59. The van der Waals surface area contributed by atoms with E-state index < -0.39 is 17.4 Å². The van der Waals surface area contributed by atoms with Crippen molar-refractivity contribution in [2.45, 2.75) is 19.9 Å². The Morgan fingerprint density at radius 2 is 2.17 bits per heavy atom. The summed E-state index contributed by atoms with van der Waals surface area (Å²) >= 11 is 0. The molecular weight excluding hydrogens is 238 g/mol. The number of halogens is 2. The number of ketones is 1. The average Bonchev–Trinajstić information content (AvgIpc) is 2.80. The van der Waals surface area contributed by atoms with Crippen LogP contribution in [0.5, 0.6) is 0 Å². The van der Waals surface area contributed by atoms with Gasteiger partial charge in [-0.3, -0.25) is 9.48 Å². The van der Waals surface area contributed by atoms with Crippen LogP contribution < -0.4 is 0 Å². The molecule has 0 amide bonds. The van der Waals surface area contributed by atoms with Crippen molar-refractivity contribution >= 4 is 5.78 Å². The van der Waals surface area contributed by atoms with Gasteiger partial charge in [-0.15, -0.1) is 0 Å². The predicted octanol–water partition coefficient (Wildman–Crippen LogP) is 2.61. The number of benzene rings is 1. The Morgan fingerprint density at radius 3 is 2.83 bits per heavy atom. The third-order valence-electron chi connectivity index (χ3n) is 2.63. The number of nitrogens with zero attached hydrogens (tertiary/aromatic N) is 2. The maximum atomic E-state index is 13.4. The summed E-state index contributed by atoms with van der Waals surface area (Å²) in [5, 5.41) is 4.02. The van der Waals surface area contributed by atoms with Gasteiger partial charge in [0.25, 0.3) is 0 Å². The van der Waals surface area contributed by atoms with Gasteiger partial charge in [0.15, 0.2) is 17.4 Å². The fourth-order valence-corrected chi connectivity index (χ4v) is 1.67. The van der Waals surface area contributed by atoms with E-state index in [1.807, 2.05) is 6.92 Å². The molecule has 0 radical (unpaired) electrons. The van der Waals surface area contributed by atoms with Crippen LogP contribution in [0, 0.1) is 11.6 Å². The molecule has 0 saturated heterocycles. The molecule has 5 heteroatoms. The van der Waals surface area contributed by atoms with Crippen LogP contribution in [0.15, 0.2) is 30.6 Å². The van der Waals surface area contributed by atoms with E-state index in [0.717, 1.165) is 6.07 Å². The first kappa shape index (κ1) is 12.4. The number of aryl methyl sites for hydroxylation is 1. The van der Waals surface area contributed by atoms with Crippen molar-refractivity contribution in [3.05, 3.63) is 53.4 Å². The van der Waals surface area contributed by atoms with Gasteiger partial charge in [-0.1, -0.05) is 6.07 Å². The number of carbonyl (C=O) groups excluding carboxylic acids is 1. The molecule has 94 valence electrons. The molecule has 2 rings (SSSR count). The Bertz CT molecular complexity index is 578. The maximum Gasteiger partial charge on any atom is 0.170 e. The van der Waals surface area contributed by atoms with Gasteiger partial charge >= 0.3 is 0 Å². The molecule has 1 heterocycles. The van der Waals surface area contributed by atoms with Crippen molar-refractivity contribution in [1.82, 2.24) is 9.78 Å². The minimum absolute atomic E-state index is 0.0143. The predicted molar refractivity (Wildman–Crippen MR) is 62.3 cm³/mol. The maximum absolute atomic E-state index is 13.4. The van der Waals surface area contributed by atoms with E-state index in [1.54, 1.807) is 17.1 Å². The molecule has 2 aromatic rings. The van der Waals surface area contributed by atoms with E-state index in [4.69, 9.17) is 0 Å². The first-order valence-corrected chi connectivity index (χ1v) is 5.60. The second-order valence-corrected chi connectivity index (χ2v) is 3.91. The van der Waals surface area contributed by atoms with Gasteiger partial charge in [0.2, 0.25) is 0 Å². The number of aromatic nitrogens is 2. The lowest BCUT2D eigenvalue weighted by Gasteiger charge is -2.01. The summed E-state index contributed by atoms with van der Waals surface area (Å²) < 4.78 is 28.1. The number of carbonyl (C=O) groups is 1. The van der Waals surface area contributed by atoms with Gasteiger partial charge in [0, 0.05) is 19.2 Å². The topological polar surface area (TPSA) is 34.9 Å². The molecule has 3 nitrogen and oxygen atoms in total. The van der Waals surface area contributed by atoms with Gasteiger partial charge in [-0.25, -0.2) is 8.78 Å². The highest BCUT2D eigenvalue weighted by molar-refractivity contribution is 5.97. The van der Waals surface area contributed by atoms with Crippen LogP contribution >= 0.6 is 0 Å². The highest BCUT2D eigenvalue weighted by Crippen LogP contribution is 2.14. The van der Waals surface area contributed by atoms with Gasteiger partial charge in [0.1, 0.15) is 0 Å². The normalized spacial score (nSPS) is 10.6. The number of Topliss-reactive ketones (excluding diaryl/α,β-unsaturated/α-hetero) is 1. The first-order valence-electron chi connectivity index (χ1n) is 5.60. The minimum atomic E-state index is -1.09. The SMILES string of the molecule is CCn1cc(CC(=O)c2cccc(F)c2F)cn1. The number of hydrogen-bond acceptors (Lipinski definition) is 2. The Balaban J connectivity index is 2.19. The Labute approximate surface area is 103 Å². The van der Waals surface area contributed by atoms with Gasteiger partial charge < -0.3 is 0 Å². The Morgan fingerprint density at radius 1 is 1.39 bits per heavy atom. The van der Waals surface area contributed by atoms with Crippen LogP contribution in [0.2, 0.25) is 0 Å². The number of rotatable bonds is 4. The lowest BCUT2D eigenvalue weighted by atomic mass is 10.0. The van der Waals surface area contributed by atoms with E-state index in [2.05, 4.69) is 5.10 Å². The molecule has 0 unspecified atom stereocenters. The van der Waals surface area contributed by atoms with E-state index in [1.165, 1.54) is 12.1 Å². The smallest absolute Gasteiger partial charge is 0.170 e. The van der Waals surface area contributed by atoms with E-state index in [-0.39, 0.29) is 12.0 Å². The van der Waals surface area contributed by atoms with Crippen LogP contribution in [-0.2, 0) is 13.0 Å². The van der Waals surface area contributed by atoms with E-state index in [0.29, 0.717) is 12.1 Å². The van der Waals surface area contributed by atoms with Crippen molar-refractivity contribution < 1.29 is 13.6 Å². The molecule has 1 aromatic heterocycles. The zero-order valence-electron chi connectivity index (χ0n) is 9.86. The molecule has 0 fully saturated rings.